The SMILES string of the molecule is CC(C)(C)NS(=O)(=O)c1ccc(-c2sc(C(=O)NCC(C)(C)c3nn[nH]n3)nc2CC2CCCCC2)c2ccccc12. The Labute approximate surface area is 251 Å². The molecule has 0 radical (unpaired) electrons. The minimum absolute atomic E-state index is 0.233. The van der Waals surface area contributed by atoms with Crippen molar-refractivity contribution >= 4 is 38.0 Å². The summed E-state index contributed by atoms with van der Waals surface area (Å²) in [7, 11) is -3.77. The number of thiazole rings is 1. The van der Waals surface area contributed by atoms with Crippen molar-refractivity contribution in [2.45, 2.75) is 89.0 Å². The quantitative estimate of drug-likeness (QED) is 0.231. The number of tetrazole rings is 1. The van der Waals surface area contributed by atoms with Crippen LogP contribution in [0, 0.1) is 5.92 Å². The number of H-pyrrole nitrogens is 1. The maximum Gasteiger partial charge on any atom is 0.280 e. The van der Waals surface area contributed by atoms with E-state index in [9.17, 15) is 13.2 Å². The molecule has 1 amide bonds. The molecule has 2 aromatic carbocycles. The van der Waals surface area contributed by atoms with Gasteiger partial charge in [0.15, 0.2) is 10.8 Å². The van der Waals surface area contributed by atoms with Crippen molar-refractivity contribution in [1.29, 1.82) is 0 Å². The molecule has 0 aliphatic heterocycles. The monoisotopic (exact) mass is 609 g/mol. The molecule has 10 nitrogen and oxygen atoms in total. The molecule has 3 N–H and O–H groups in total. The second-order valence-corrected chi connectivity index (χ2v) is 15.5. The lowest BCUT2D eigenvalue weighted by atomic mass is 9.85. The highest BCUT2D eigenvalue weighted by molar-refractivity contribution is 7.89. The fourth-order valence-corrected chi connectivity index (χ4v) is 8.21. The summed E-state index contributed by atoms with van der Waals surface area (Å²) in [6.07, 6.45) is 6.75. The lowest BCUT2D eigenvalue weighted by Crippen LogP contribution is -2.40. The molecule has 12 heteroatoms. The van der Waals surface area contributed by atoms with Crippen LogP contribution in [0.25, 0.3) is 21.2 Å². The van der Waals surface area contributed by atoms with Gasteiger partial charge in [0.2, 0.25) is 10.0 Å². The van der Waals surface area contributed by atoms with Gasteiger partial charge >= 0.3 is 0 Å². The number of aromatic amines is 1. The third-order valence-corrected chi connectivity index (χ3v) is 10.5. The molecule has 1 saturated carbocycles. The Balaban J connectivity index is 1.53. The molecule has 5 rings (SSSR count). The topological polar surface area (TPSA) is 143 Å². The van der Waals surface area contributed by atoms with E-state index in [0.29, 0.717) is 28.7 Å². The third kappa shape index (κ3) is 6.71. The molecule has 1 aliphatic rings. The molecule has 0 unspecified atom stereocenters. The van der Waals surface area contributed by atoms with Gasteiger partial charge in [-0.05, 0) is 44.6 Å². The van der Waals surface area contributed by atoms with Crippen LogP contribution in [0.2, 0.25) is 0 Å². The summed E-state index contributed by atoms with van der Waals surface area (Å²) in [5.74, 6) is 0.767. The lowest BCUT2D eigenvalue weighted by molar-refractivity contribution is 0.0944. The highest BCUT2D eigenvalue weighted by Crippen LogP contribution is 2.40. The van der Waals surface area contributed by atoms with E-state index in [1.807, 2.05) is 65.0 Å². The van der Waals surface area contributed by atoms with E-state index in [4.69, 9.17) is 4.98 Å². The molecule has 0 atom stereocenters. The van der Waals surface area contributed by atoms with Crippen molar-refractivity contribution in [1.82, 2.24) is 35.6 Å². The third-order valence-electron chi connectivity index (χ3n) is 7.60. The second kappa shape index (κ2) is 11.8. The first-order chi connectivity index (χ1) is 19.8. The zero-order chi connectivity index (χ0) is 30.1. The number of nitrogens with one attached hydrogen (secondary N) is 3. The van der Waals surface area contributed by atoms with Crippen molar-refractivity contribution in [3.63, 3.8) is 0 Å². The van der Waals surface area contributed by atoms with E-state index in [2.05, 4.69) is 30.7 Å². The Bertz CT molecular complexity index is 1670. The van der Waals surface area contributed by atoms with Crippen molar-refractivity contribution in [3.05, 3.63) is 52.9 Å². The summed E-state index contributed by atoms with van der Waals surface area (Å²) in [5.41, 5.74) is 0.633. The number of aromatic nitrogens is 5. The first kappa shape index (κ1) is 30.2. The van der Waals surface area contributed by atoms with Crippen LogP contribution in [0.1, 0.15) is 88.0 Å². The number of benzene rings is 2. The zero-order valence-electron chi connectivity index (χ0n) is 24.8. The molecule has 2 aromatic heterocycles. The molecule has 4 aromatic rings. The van der Waals surface area contributed by atoms with E-state index in [0.717, 1.165) is 40.8 Å². The molecule has 224 valence electrons. The first-order valence-electron chi connectivity index (χ1n) is 14.4. The number of rotatable bonds is 9. The van der Waals surface area contributed by atoms with Gasteiger partial charge in [-0.1, -0.05) is 81.5 Å². The highest BCUT2D eigenvalue weighted by atomic mass is 32.2. The Morgan fingerprint density at radius 1 is 1.02 bits per heavy atom. The van der Waals surface area contributed by atoms with Gasteiger partial charge in [0.1, 0.15) is 0 Å². The van der Waals surface area contributed by atoms with Gasteiger partial charge < -0.3 is 5.32 Å². The van der Waals surface area contributed by atoms with Crippen molar-refractivity contribution in [2.75, 3.05) is 6.54 Å². The summed E-state index contributed by atoms with van der Waals surface area (Å²) in [5, 5.41) is 19.1. The molecule has 0 saturated heterocycles. The summed E-state index contributed by atoms with van der Waals surface area (Å²) < 4.78 is 29.5. The normalized spacial score (nSPS) is 15.3. The van der Waals surface area contributed by atoms with Gasteiger partial charge in [-0.15, -0.1) is 21.5 Å². The maximum atomic E-state index is 13.4. The predicted octanol–water partition coefficient (Wildman–Crippen LogP) is 5.38. The summed E-state index contributed by atoms with van der Waals surface area (Å²) in [4.78, 5) is 19.5. The number of fused-ring (bicyclic) bond motifs is 1. The summed E-state index contributed by atoms with van der Waals surface area (Å²) in [6, 6.07) is 11.1. The van der Waals surface area contributed by atoms with E-state index >= 15 is 0 Å². The van der Waals surface area contributed by atoms with Gasteiger partial charge in [0.25, 0.3) is 5.91 Å². The summed E-state index contributed by atoms with van der Waals surface area (Å²) in [6.45, 7) is 9.67. The molecular formula is C30H39N7O3S2. The predicted molar refractivity (Wildman–Crippen MR) is 165 cm³/mol. The van der Waals surface area contributed by atoms with Crippen LogP contribution in [-0.4, -0.2) is 52.0 Å². The molecule has 1 fully saturated rings. The fraction of sp³-hybridized carbons (Fsp3) is 0.500. The number of carbonyl (C=O) groups is 1. The van der Waals surface area contributed by atoms with Gasteiger partial charge in [-0.25, -0.2) is 18.1 Å². The number of nitrogens with zero attached hydrogens (tertiary/aromatic N) is 4. The molecule has 2 heterocycles. The average molecular weight is 610 g/mol. The fourth-order valence-electron chi connectivity index (χ4n) is 5.53. The number of amides is 1. The minimum Gasteiger partial charge on any atom is -0.349 e. The van der Waals surface area contributed by atoms with Crippen LogP contribution in [0.15, 0.2) is 41.3 Å². The van der Waals surface area contributed by atoms with Crippen molar-refractivity contribution in [3.8, 4) is 10.4 Å². The first-order valence-corrected chi connectivity index (χ1v) is 16.7. The number of hydrogen-bond donors (Lipinski definition) is 3. The summed E-state index contributed by atoms with van der Waals surface area (Å²) >= 11 is 1.36. The van der Waals surface area contributed by atoms with Crippen molar-refractivity contribution in [2.24, 2.45) is 5.92 Å². The Kier molecular flexibility index (Phi) is 8.51. The standard InChI is InChI=1S/C30H39N7O3S2/c1-29(2,3)35-42(39,40)24-16-15-22(20-13-9-10-14-21(20)24)25-23(17-19-11-7-6-8-12-19)32-27(41-25)26(38)31-18-30(4,5)28-33-36-37-34-28/h9-10,13-16,19,35H,6-8,11-12,17-18H2,1-5H3,(H,31,38)(H,33,34,36,37). The number of sulfonamides is 1. The van der Waals surface area contributed by atoms with E-state index < -0.39 is 21.0 Å². The van der Waals surface area contributed by atoms with Crippen molar-refractivity contribution < 1.29 is 13.2 Å². The van der Waals surface area contributed by atoms with Crippen LogP contribution >= 0.6 is 11.3 Å². The average Bonchev–Trinajstić information content (AvgIpc) is 3.62. The smallest absolute Gasteiger partial charge is 0.280 e. The Morgan fingerprint density at radius 2 is 1.74 bits per heavy atom. The second-order valence-electron chi connectivity index (χ2n) is 12.8. The van der Waals surface area contributed by atoms with Gasteiger partial charge in [0, 0.05) is 28.4 Å². The largest absolute Gasteiger partial charge is 0.349 e. The Morgan fingerprint density at radius 3 is 2.40 bits per heavy atom. The molecule has 1 aliphatic carbocycles. The minimum atomic E-state index is -3.77. The molecule has 0 bridgehead atoms. The molecule has 42 heavy (non-hydrogen) atoms. The van der Waals surface area contributed by atoms with Crippen LogP contribution in [0.3, 0.4) is 0 Å². The van der Waals surface area contributed by atoms with E-state index in [1.54, 1.807) is 6.07 Å². The maximum absolute atomic E-state index is 13.4. The van der Waals surface area contributed by atoms with Gasteiger partial charge in [-0.3, -0.25) is 4.79 Å². The molecular weight excluding hydrogens is 571 g/mol. The van der Waals surface area contributed by atoms with Crippen LogP contribution < -0.4 is 10.0 Å². The van der Waals surface area contributed by atoms with Gasteiger partial charge in [-0.2, -0.15) is 5.21 Å². The van der Waals surface area contributed by atoms with Crippen LogP contribution in [0.4, 0.5) is 0 Å². The van der Waals surface area contributed by atoms with Crippen LogP contribution in [0.5, 0.6) is 0 Å². The van der Waals surface area contributed by atoms with E-state index in [-0.39, 0.29) is 10.8 Å². The zero-order valence-corrected chi connectivity index (χ0v) is 26.5. The van der Waals surface area contributed by atoms with Gasteiger partial charge in [0.05, 0.1) is 15.5 Å². The number of hydrogen-bond acceptors (Lipinski definition) is 8. The lowest BCUT2D eigenvalue weighted by Gasteiger charge is -2.22. The number of carbonyl (C=O) groups excluding carboxylic acids is 1. The van der Waals surface area contributed by atoms with Crippen LogP contribution in [-0.2, 0) is 21.9 Å². The Hall–Kier alpha value is -3.22. The highest BCUT2D eigenvalue weighted by Gasteiger charge is 2.29. The molecule has 0 spiro atoms. The van der Waals surface area contributed by atoms with E-state index in [1.165, 1.54) is 30.6 Å².